The van der Waals surface area contributed by atoms with Crippen molar-refractivity contribution < 1.29 is 9.90 Å². The Morgan fingerprint density at radius 3 is 2.55 bits per heavy atom. The van der Waals surface area contributed by atoms with Crippen molar-refractivity contribution in [2.24, 2.45) is 5.41 Å². The lowest BCUT2D eigenvalue weighted by Crippen LogP contribution is -2.45. The van der Waals surface area contributed by atoms with Crippen LogP contribution in [0.3, 0.4) is 0 Å². The van der Waals surface area contributed by atoms with Gasteiger partial charge < -0.3 is 10.0 Å². The third-order valence-electron chi connectivity index (χ3n) is 4.91. The average Bonchev–Trinajstić information content (AvgIpc) is 2.80. The molecular weight excluding hydrogens is 252 g/mol. The van der Waals surface area contributed by atoms with Crippen molar-refractivity contribution in [3.63, 3.8) is 0 Å². The molecule has 0 aromatic heterocycles. The molecule has 20 heavy (non-hydrogen) atoms. The van der Waals surface area contributed by atoms with Crippen LogP contribution in [0.25, 0.3) is 0 Å². The van der Waals surface area contributed by atoms with Gasteiger partial charge in [-0.15, -0.1) is 0 Å². The van der Waals surface area contributed by atoms with Crippen molar-refractivity contribution in [2.75, 3.05) is 13.2 Å². The lowest BCUT2D eigenvalue weighted by atomic mass is 9.80. The highest BCUT2D eigenvalue weighted by Gasteiger charge is 2.44. The maximum Gasteiger partial charge on any atom is 0.243 e. The predicted molar refractivity (Wildman–Crippen MR) is 76.8 cm³/mol. The number of hydrogen-bond acceptors (Lipinski definition) is 3. The number of nitrogens with zero attached hydrogens (tertiary/aromatic N) is 2. The second-order valence-corrected chi connectivity index (χ2v) is 6.27. The van der Waals surface area contributed by atoms with Crippen LogP contribution in [0.5, 0.6) is 0 Å². The van der Waals surface area contributed by atoms with Gasteiger partial charge in [0, 0.05) is 19.2 Å². The van der Waals surface area contributed by atoms with Gasteiger partial charge in [0.15, 0.2) is 0 Å². The highest BCUT2D eigenvalue weighted by atomic mass is 16.3. The standard InChI is InChI=1S/C16H26N2O2/c17-13-16(9-3-1-2-4-10-16)15(20)18-11-5-7-14(18)8-6-12-19/h14,19H,1-12H2. The zero-order valence-corrected chi connectivity index (χ0v) is 12.3. The minimum atomic E-state index is -0.766. The number of aliphatic hydroxyl groups is 1. The number of rotatable bonds is 4. The molecule has 0 aromatic rings. The van der Waals surface area contributed by atoms with Crippen LogP contribution in [0.4, 0.5) is 0 Å². The van der Waals surface area contributed by atoms with E-state index in [1.54, 1.807) is 0 Å². The number of carbonyl (C=O) groups excluding carboxylic acids is 1. The van der Waals surface area contributed by atoms with Crippen molar-refractivity contribution in [1.29, 1.82) is 5.26 Å². The zero-order chi connectivity index (χ0) is 14.4. The molecule has 1 saturated carbocycles. The van der Waals surface area contributed by atoms with Crippen LogP contribution in [0.1, 0.15) is 64.2 Å². The van der Waals surface area contributed by atoms with Crippen LogP contribution in [0, 0.1) is 16.7 Å². The van der Waals surface area contributed by atoms with Crippen LogP contribution < -0.4 is 0 Å². The highest BCUT2D eigenvalue weighted by Crippen LogP contribution is 2.38. The summed E-state index contributed by atoms with van der Waals surface area (Å²) in [4.78, 5) is 14.9. The molecule has 1 aliphatic heterocycles. The van der Waals surface area contributed by atoms with Gasteiger partial charge in [-0.3, -0.25) is 4.79 Å². The molecule has 1 atom stereocenters. The molecule has 2 rings (SSSR count). The number of nitriles is 1. The Kier molecular flexibility index (Phi) is 5.42. The predicted octanol–water partition coefficient (Wildman–Crippen LogP) is 2.61. The van der Waals surface area contributed by atoms with E-state index in [2.05, 4.69) is 6.07 Å². The molecule has 0 radical (unpaired) electrons. The van der Waals surface area contributed by atoms with Gasteiger partial charge in [0.25, 0.3) is 0 Å². The fourth-order valence-corrected chi connectivity index (χ4v) is 3.71. The van der Waals surface area contributed by atoms with E-state index in [1.807, 2.05) is 4.90 Å². The van der Waals surface area contributed by atoms with E-state index in [0.717, 1.165) is 70.8 Å². The quantitative estimate of drug-likeness (QED) is 0.804. The number of carbonyl (C=O) groups is 1. The molecule has 1 aliphatic carbocycles. The fraction of sp³-hybridized carbons (Fsp3) is 0.875. The Morgan fingerprint density at radius 1 is 1.25 bits per heavy atom. The third kappa shape index (κ3) is 3.15. The topological polar surface area (TPSA) is 64.3 Å². The van der Waals surface area contributed by atoms with E-state index in [1.165, 1.54) is 0 Å². The number of aliphatic hydroxyl groups excluding tert-OH is 1. The number of likely N-dealkylation sites (tertiary alicyclic amines) is 1. The van der Waals surface area contributed by atoms with E-state index in [4.69, 9.17) is 5.11 Å². The summed E-state index contributed by atoms with van der Waals surface area (Å²) in [5.41, 5.74) is -0.766. The molecule has 0 bridgehead atoms. The summed E-state index contributed by atoms with van der Waals surface area (Å²) in [6.45, 7) is 0.973. The van der Waals surface area contributed by atoms with Gasteiger partial charge >= 0.3 is 0 Å². The fourth-order valence-electron chi connectivity index (χ4n) is 3.71. The maximum atomic E-state index is 12.9. The summed E-state index contributed by atoms with van der Waals surface area (Å²) in [5, 5.41) is 18.6. The first-order valence-electron chi connectivity index (χ1n) is 8.07. The van der Waals surface area contributed by atoms with E-state index in [0.29, 0.717) is 0 Å². The molecule has 4 heteroatoms. The molecule has 4 nitrogen and oxygen atoms in total. The van der Waals surface area contributed by atoms with E-state index < -0.39 is 5.41 Å². The van der Waals surface area contributed by atoms with Gasteiger partial charge in [0.05, 0.1) is 6.07 Å². The van der Waals surface area contributed by atoms with E-state index in [9.17, 15) is 10.1 Å². The van der Waals surface area contributed by atoms with E-state index in [-0.39, 0.29) is 18.6 Å². The van der Waals surface area contributed by atoms with Crippen molar-refractivity contribution in [3.05, 3.63) is 0 Å². The first-order chi connectivity index (χ1) is 9.73. The monoisotopic (exact) mass is 278 g/mol. The van der Waals surface area contributed by atoms with Gasteiger partial charge in [0.1, 0.15) is 5.41 Å². The van der Waals surface area contributed by atoms with Gasteiger partial charge in [0.2, 0.25) is 5.91 Å². The SMILES string of the molecule is N#CC1(C(=O)N2CCCC2CCCO)CCCCCC1. The Morgan fingerprint density at radius 2 is 1.95 bits per heavy atom. The lowest BCUT2D eigenvalue weighted by Gasteiger charge is -2.33. The van der Waals surface area contributed by atoms with Crippen molar-refractivity contribution in [3.8, 4) is 6.07 Å². The van der Waals surface area contributed by atoms with Crippen LogP contribution in [0.2, 0.25) is 0 Å². The molecule has 1 saturated heterocycles. The molecule has 112 valence electrons. The molecule has 0 aromatic carbocycles. The largest absolute Gasteiger partial charge is 0.396 e. The minimum Gasteiger partial charge on any atom is -0.396 e. The van der Waals surface area contributed by atoms with Crippen LogP contribution in [0.15, 0.2) is 0 Å². The first kappa shape index (κ1) is 15.3. The Labute approximate surface area is 121 Å². The van der Waals surface area contributed by atoms with Gasteiger partial charge in [-0.1, -0.05) is 25.7 Å². The smallest absolute Gasteiger partial charge is 0.243 e. The molecule has 2 aliphatic rings. The summed E-state index contributed by atoms with van der Waals surface area (Å²) in [6, 6.07) is 2.61. The third-order valence-corrected chi connectivity index (χ3v) is 4.91. The minimum absolute atomic E-state index is 0.0716. The summed E-state index contributed by atoms with van der Waals surface area (Å²) >= 11 is 0. The molecule has 1 amide bonds. The second-order valence-electron chi connectivity index (χ2n) is 6.27. The maximum absolute atomic E-state index is 12.9. The lowest BCUT2D eigenvalue weighted by molar-refractivity contribution is -0.140. The molecule has 0 spiro atoms. The average molecular weight is 278 g/mol. The second kappa shape index (κ2) is 7.08. The van der Waals surface area contributed by atoms with Crippen LogP contribution >= 0.6 is 0 Å². The molecule has 1 unspecified atom stereocenters. The zero-order valence-electron chi connectivity index (χ0n) is 12.3. The molecule has 2 fully saturated rings. The normalized spacial score (nSPS) is 26.0. The molecular formula is C16H26N2O2. The van der Waals surface area contributed by atoms with Crippen LogP contribution in [-0.2, 0) is 4.79 Å². The first-order valence-corrected chi connectivity index (χ1v) is 8.07. The van der Waals surface area contributed by atoms with Crippen molar-refractivity contribution in [2.45, 2.75) is 70.3 Å². The van der Waals surface area contributed by atoms with Gasteiger partial charge in [-0.2, -0.15) is 5.26 Å². The van der Waals surface area contributed by atoms with Gasteiger partial charge in [-0.25, -0.2) is 0 Å². The Bertz CT molecular complexity index is 367. The van der Waals surface area contributed by atoms with Crippen LogP contribution in [-0.4, -0.2) is 35.1 Å². The summed E-state index contributed by atoms with van der Waals surface area (Å²) in [7, 11) is 0. The van der Waals surface area contributed by atoms with Crippen molar-refractivity contribution in [1.82, 2.24) is 4.90 Å². The molecule has 1 N–H and O–H groups in total. The summed E-state index contributed by atoms with van der Waals surface area (Å²) < 4.78 is 0. The van der Waals surface area contributed by atoms with Crippen molar-refractivity contribution >= 4 is 5.91 Å². The summed E-state index contributed by atoms with van der Waals surface area (Å²) in [6.07, 6.45) is 9.39. The summed E-state index contributed by atoms with van der Waals surface area (Å²) in [5.74, 6) is 0.0716. The van der Waals surface area contributed by atoms with Gasteiger partial charge in [-0.05, 0) is 38.5 Å². The van der Waals surface area contributed by atoms with E-state index >= 15 is 0 Å². The number of hydrogen-bond donors (Lipinski definition) is 1. The molecule has 1 heterocycles. The number of amides is 1. The highest BCUT2D eigenvalue weighted by molar-refractivity contribution is 5.86. The Balaban J connectivity index is 2.09. The Hall–Kier alpha value is -1.08.